The minimum atomic E-state index is -0.0623. The van der Waals surface area contributed by atoms with Gasteiger partial charge in [-0.1, -0.05) is 32.6 Å². The lowest BCUT2D eigenvalue weighted by atomic mass is 9.95. The van der Waals surface area contributed by atoms with Crippen LogP contribution in [0.25, 0.3) is 0 Å². The first-order chi connectivity index (χ1) is 8.17. The van der Waals surface area contributed by atoms with Crippen LogP contribution < -0.4 is 10.6 Å². The number of amides is 1. The molecule has 0 aliphatic heterocycles. The summed E-state index contributed by atoms with van der Waals surface area (Å²) < 4.78 is 0. The maximum atomic E-state index is 11.5. The van der Waals surface area contributed by atoms with Gasteiger partial charge in [0.1, 0.15) is 0 Å². The van der Waals surface area contributed by atoms with E-state index in [9.17, 15) is 4.79 Å². The minimum Gasteiger partial charge on any atom is -0.358 e. The molecular formula is C14H28N2O. The van der Waals surface area contributed by atoms with Crippen molar-refractivity contribution in [2.75, 3.05) is 7.05 Å². The lowest BCUT2D eigenvalue weighted by Crippen LogP contribution is -2.45. The van der Waals surface area contributed by atoms with Crippen LogP contribution in [-0.4, -0.2) is 25.0 Å². The summed E-state index contributed by atoms with van der Waals surface area (Å²) in [4.78, 5) is 11.5. The van der Waals surface area contributed by atoms with Gasteiger partial charge in [-0.2, -0.15) is 0 Å². The van der Waals surface area contributed by atoms with Crippen LogP contribution in [-0.2, 0) is 4.79 Å². The Morgan fingerprint density at radius 2 is 2.06 bits per heavy atom. The Morgan fingerprint density at radius 3 is 2.71 bits per heavy atom. The molecule has 3 heteroatoms. The van der Waals surface area contributed by atoms with Crippen LogP contribution in [0.2, 0.25) is 0 Å². The Hall–Kier alpha value is -0.570. The topological polar surface area (TPSA) is 41.1 Å². The van der Waals surface area contributed by atoms with Crippen LogP contribution in [0.15, 0.2) is 0 Å². The third kappa shape index (κ3) is 5.07. The van der Waals surface area contributed by atoms with Crippen molar-refractivity contribution in [1.29, 1.82) is 0 Å². The van der Waals surface area contributed by atoms with Gasteiger partial charge in [-0.15, -0.1) is 0 Å². The summed E-state index contributed by atoms with van der Waals surface area (Å²) in [6, 6.07) is 0.469. The highest BCUT2D eigenvalue weighted by atomic mass is 16.2. The van der Waals surface area contributed by atoms with Crippen LogP contribution in [0, 0.1) is 5.92 Å². The molecule has 0 bridgehead atoms. The van der Waals surface area contributed by atoms with Crippen molar-refractivity contribution in [3.8, 4) is 0 Å². The molecule has 3 unspecified atom stereocenters. The fourth-order valence-electron chi connectivity index (χ4n) is 2.89. The van der Waals surface area contributed by atoms with Crippen molar-refractivity contribution in [1.82, 2.24) is 10.6 Å². The van der Waals surface area contributed by atoms with E-state index in [1.165, 1.54) is 44.9 Å². The summed E-state index contributed by atoms with van der Waals surface area (Å²) in [5, 5.41) is 6.16. The van der Waals surface area contributed by atoms with Gasteiger partial charge in [-0.3, -0.25) is 4.79 Å². The van der Waals surface area contributed by atoms with Gasteiger partial charge in [0, 0.05) is 13.1 Å². The maximum absolute atomic E-state index is 11.5. The third-order valence-corrected chi connectivity index (χ3v) is 3.91. The summed E-state index contributed by atoms with van der Waals surface area (Å²) in [6.07, 6.45) is 9.14. The molecule has 1 aliphatic carbocycles. The zero-order chi connectivity index (χ0) is 12.7. The molecule has 0 radical (unpaired) electrons. The number of rotatable bonds is 5. The molecule has 3 atom stereocenters. The number of hydrogen-bond donors (Lipinski definition) is 2. The molecule has 0 aromatic heterocycles. The van der Waals surface area contributed by atoms with Crippen molar-refractivity contribution in [3.63, 3.8) is 0 Å². The fraction of sp³-hybridized carbons (Fsp3) is 0.929. The van der Waals surface area contributed by atoms with Crippen molar-refractivity contribution in [2.24, 2.45) is 5.92 Å². The smallest absolute Gasteiger partial charge is 0.236 e. The molecule has 3 nitrogen and oxygen atoms in total. The Morgan fingerprint density at radius 1 is 1.29 bits per heavy atom. The predicted octanol–water partition coefficient (Wildman–Crippen LogP) is 2.46. The highest BCUT2D eigenvalue weighted by Crippen LogP contribution is 2.26. The zero-order valence-corrected chi connectivity index (χ0v) is 11.6. The Kier molecular flexibility index (Phi) is 6.56. The number of carbonyl (C=O) groups is 1. The summed E-state index contributed by atoms with van der Waals surface area (Å²) >= 11 is 0. The zero-order valence-electron chi connectivity index (χ0n) is 11.6. The van der Waals surface area contributed by atoms with E-state index in [0.717, 1.165) is 5.92 Å². The maximum Gasteiger partial charge on any atom is 0.236 e. The van der Waals surface area contributed by atoms with E-state index in [2.05, 4.69) is 17.6 Å². The summed E-state index contributed by atoms with van der Waals surface area (Å²) in [7, 11) is 1.70. The average Bonchev–Trinajstić information content (AvgIpc) is 2.54. The molecule has 100 valence electrons. The van der Waals surface area contributed by atoms with Gasteiger partial charge in [0.15, 0.2) is 0 Å². The first-order valence-corrected chi connectivity index (χ1v) is 7.15. The molecule has 1 saturated carbocycles. The summed E-state index contributed by atoms with van der Waals surface area (Å²) in [5.41, 5.74) is 0. The first-order valence-electron chi connectivity index (χ1n) is 7.15. The second kappa shape index (κ2) is 7.70. The normalized spacial score (nSPS) is 27.2. The van der Waals surface area contributed by atoms with Crippen molar-refractivity contribution in [3.05, 3.63) is 0 Å². The van der Waals surface area contributed by atoms with Crippen LogP contribution in [0.5, 0.6) is 0 Å². The molecule has 1 rings (SSSR count). The monoisotopic (exact) mass is 240 g/mol. The van der Waals surface area contributed by atoms with Gasteiger partial charge in [0.25, 0.3) is 0 Å². The second-order valence-electron chi connectivity index (χ2n) is 5.36. The molecule has 1 aliphatic rings. The molecule has 0 aromatic carbocycles. The average molecular weight is 240 g/mol. The summed E-state index contributed by atoms with van der Waals surface area (Å²) in [6.45, 7) is 4.22. The number of nitrogens with one attached hydrogen (secondary N) is 2. The first kappa shape index (κ1) is 14.5. The second-order valence-corrected chi connectivity index (χ2v) is 5.36. The van der Waals surface area contributed by atoms with Crippen LogP contribution >= 0.6 is 0 Å². The van der Waals surface area contributed by atoms with Crippen molar-refractivity contribution in [2.45, 2.75) is 70.9 Å². The van der Waals surface area contributed by atoms with Gasteiger partial charge in [-0.05, 0) is 32.1 Å². The highest BCUT2D eigenvalue weighted by molar-refractivity contribution is 5.80. The number of hydrogen-bond acceptors (Lipinski definition) is 2. The third-order valence-electron chi connectivity index (χ3n) is 3.91. The van der Waals surface area contributed by atoms with Gasteiger partial charge < -0.3 is 10.6 Å². The number of likely N-dealkylation sites (N-methyl/N-ethyl adjacent to an activating group) is 1. The van der Waals surface area contributed by atoms with Gasteiger partial charge in [0.05, 0.1) is 6.04 Å². The highest BCUT2D eigenvalue weighted by Gasteiger charge is 2.21. The van der Waals surface area contributed by atoms with Gasteiger partial charge in [0.2, 0.25) is 5.91 Å². The van der Waals surface area contributed by atoms with E-state index < -0.39 is 0 Å². The Bertz CT molecular complexity index is 230. The van der Waals surface area contributed by atoms with E-state index in [4.69, 9.17) is 0 Å². The minimum absolute atomic E-state index is 0.0623. The van der Waals surface area contributed by atoms with Crippen LogP contribution in [0.1, 0.15) is 58.8 Å². The SMILES string of the molecule is CCCC1CCCC(NC(C)C(=O)NC)CC1. The lowest BCUT2D eigenvalue weighted by molar-refractivity contribution is -0.122. The Balaban J connectivity index is 2.33. The fourth-order valence-corrected chi connectivity index (χ4v) is 2.89. The van der Waals surface area contributed by atoms with Gasteiger partial charge in [-0.25, -0.2) is 0 Å². The molecule has 1 amide bonds. The molecule has 0 spiro atoms. The number of carbonyl (C=O) groups excluding carboxylic acids is 1. The molecule has 1 fully saturated rings. The quantitative estimate of drug-likeness (QED) is 0.725. The molecule has 17 heavy (non-hydrogen) atoms. The van der Waals surface area contributed by atoms with Gasteiger partial charge >= 0.3 is 0 Å². The Labute approximate surface area is 106 Å². The molecule has 0 aromatic rings. The molecule has 0 heterocycles. The van der Waals surface area contributed by atoms with Crippen LogP contribution in [0.4, 0.5) is 0 Å². The van der Waals surface area contributed by atoms with Crippen molar-refractivity contribution < 1.29 is 4.79 Å². The van der Waals surface area contributed by atoms with E-state index in [1.54, 1.807) is 7.05 Å². The molecule has 0 saturated heterocycles. The largest absolute Gasteiger partial charge is 0.358 e. The predicted molar refractivity (Wildman–Crippen MR) is 71.9 cm³/mol. The van der Waals surface area contributed by atoms with Crippen LogP contribution in [0.3, 0.4) is 0 Å². The van der Waals surface area contributed by atoms with Crippen molar-refractivity contribution >= 4 is 5.91 Å². The molecule has 2 N–H and O–H groups in total. The van der Waals surface area contributed by atoms with E-state index in [-0.39, 0.29) is 11.9 Å². The standard InChI is InChI=1S/C14H28N2O/c1-4-6-12-7-5-8-13(10-9-12)16-11(2)14(17)15-3/h11-13,16H,4-10H2,1-3H3,(H,15,17). The van der Waals surface area contributed by atoms with E-state index in [0.29, 0.717) is 6.04 Å². The van der Waals surface area contributed by atoms with E-state index >= 15 is 0 Å². The lowest BCUT2D eigenvalue weighted by Gasteiger charge is -2.21. The van der Waals surface area contributed by atoms with E-state index in [1.807, 2.05) is 6.92 Å². The summed E-state index contributed by atoms with van der Waals surface area (Å²) in [5.74, 6) is 1.02. The molecular weight excluding hydrogens is 212 g/mol.